The van der Waals surface area contributed by atoms with E-state index in [0.29, 0.717) is 0 Å². The first-order valence-corrected chi connectivity index (χ1v) is 7.46. The third kappa shape index (κ3) is 3.71. The Morgan fingerprint density at radius 1 is 0.833 bits per heavy atom. The van der Waals surface area contributed by atoms with E-state index in [4.69, 9.17) is 24.1 Å². The lowest BCUT2D eigenvalue weighted by atomic mass is 9.99. The van der Waals surface area contributed by atoms with Crippen molar-refractivity contribution in [1.29, 1.82) is 0 Å². The van der Waals surface area contributed by atoms with Crippen LogP contribution in [0.15, 0.2) is 0 Å². The van der Waals surface area contributed by atoms with Gasteiger partial charge in [-0.2, -0.15) is 0 Å². The number of hydrogen-bond acceptors (Lipinski definition) is 11. The van der Waals surface area contributed by atoms with Crippen LogP contribution in [0.5, 0.6) is 0 Å². The Bertz CT molecular complexity index is 394. The Morgan fingerprint density at radius 3 is 1.96 bits per heavy atom. The molecule has 0 amide bonds. The second kappa shape index (κ2) is 8.29. The van der Waals surface area contributed by atoms with Gasteiger partial charge < -0.3 is 54.7 Å². The predicted molar refractivity (Wildman–Crippen MR) is 73.4 cm³/mol. The minimum absolute atomic E-state index is 0.637. The number of hydrogen-bond donors (Lipinski definition) is 7. The summed E-state index contributed by atoms with van der Waals surface area (Å²) in [5, 5.41) is 67.7. The number of methoxy groups -OCH3 is 1. The fourth-order valence-corrected chi connectivity index (χ4v) is 2.75. The van der Waals surface area contributed by atoms with Crippen molar-refractivity contribution >= 4 is 0 Å². The molecule has 2 rings (SSSR count). The summed E-state index contributed by atoms with van der Waals surface area (Å²) < 4.78 is 20.6. The highest BCUT2D eigenvalue weighted by Crippen LogP contribution is 2.29. The number of rotatable bonds is 6. The van der Waals surface area contributed by atoms with Gasteiger partial charge in [-0.25, -0.2) is 0 Å². The van der Waals surface area contributed by atoms with Crippen molar-refractivity contribution < 1.29 is 54.7 Å². The first-order chi connectivity index (χ1) is 11.3. The van der Waals surface area contributed by atoms with Crippen molar-refractivity contribution in [3.8, 4) is 0 Å². The molecule has 0 spiro atoms. The topological polar surface area (TPSA) is 179 Å². The molecule has 0 saturated carbocycles. The van der Waals surface area contributed by atoms with Gasteiger partial charge in [0, 0.05) is 7.11 Å². The molecule has 2 saturated heterocycles. The standard InChI is InChI=1S/C13H24O11/c1-21-12-10(20)8(18)11(24-12)5(3-15)23-13-9(19)7(17)6(16)4(2-14)22-13/h4-20H,2-3H2,1H3/t4-,5+,6-,7+,8+,9+,10+,11+,12+,13-/m0/s1. The molecule has 2 fully saturated rings. The van der Waals surface area contributed by atoms with Gasteiger partial charge in [0.15, 0.2) is 12.6 Å². The van der Waals surface area contributed by atoms with Gasteiger partial charge >= 0.3 is 0 Å². The van der Waals surface area contributed by atoms with Gasteiger partial charge in [0.25, 0.3) is 0 Å². The molecule has 0 aromatic heterocycles. The molecular weight excluding hydrogens is 332 g/mol. The van der Waals surface area contributed by atoms with Gasteiger partial charge in [-0.05, 0) is 0 Å². The fraction of sp³-hybridized carbons (Fsp3) is 1.00. The minimum atomic E-state index is -1.67. The molecule has 142 valence electrons. The van der Waals surface area contributed by atoms with Crippen LogP contribution < -0.4 is 0 Å². The van der Waals surface area contributed by atoms with Gasteiger partial charge in [-0.1, -0.05) is 0 Å². The third-order valence-corrected chi connectivity index (χ3v) is 4.19. The van der Waals surface area contributed by atoms with Gasteiger partial charge in [-0.3, -0.25) is 0 Å². The summed E-state index contributed by atoms with van der Waals surface area (Å²) in [6, 6.07) is 0. The molecule has 2 aliphatic heterocycles. The molecule has 11 nitrogen and oxygen atoms in total. The van der Waals surface area contributed by atoms with Crippen molar-refractivity contribution in [1.82, 2.24) is 0 Å². The summed E-state index contributed by atoms with van der Waals surface area (Å²) in [5.74, 6) is 0. The van der Waals surface area contributed by atoms with Gasteiger partial charge in [-0.15, -0.1) is 0 Å². The number of aliphatic hydroxyl groups excluding tert-OH is 7. The maximum absolute atomic E-state index is 9.97. The lowest BCUT2D eigenvalue weighted by Gasteiger charge is -2.41. The Hall–Kier alpha value is -0.440. The van der Waals surface area contributed by atoms with Crippen LogP contribution in [-0.2, 0) is 18.9 Å². The summed E-state index contributed by atoms with van der Waals surface area (Å²) in [6.07, 6.45) is -13.9. The van der Waals surface area contributed by atoms with E-state index in [2.05, 4.69) is 0 Å². The van der Waals surface area contributed by atoms with E-state index in [1.165, 1.54) is 7.11 Å². The first kappa shape index (κ1) is 19.9. The molecule has 0 bridgehead atoms. The summed E-state index contributed by atoms with van der Waals surface area (Å²) in [4.78, 5) is 0. The summed E-state index contributed by atoms with van der Waals surface area (Å²) >= 11 is 0. The molecule has 0 aliphatic carbocycles. The predicted octanol–water partition coefficient (Wildman–Crippen LogP) is -4.74. The van der Waals surface area contributed by atoms with Crippen LogP contribution in [0.4, 0.5) is 0 Å². The lowest BCUT2D eigenvalue weighted by Crippen LogP contribution is -2.60. The molecule has 0 unspecified atom stereocenters. The van der Waals surface area contributed by atoms with Crippen LogP contribution in [0, 0.1) is 0 Å². The Balaban J connectivity index is 2.06. The summed E-state index contributed by atoms with van der Waals surface area (Å²) in [6.45, 7) is -1.30. The largest absolute Gasteiger partial charge is 0.394 e. The molecule has 11 heteroatoms. The number of ether oxygens (including phenoxy) is 4. The second-order valence-electron chi connectivity index (χ2n) is 5.74. The molecule has 7 N–H and O–H groups in total. The zero-order chi connectivity index (χ0) is 18.0. The highest BCUT2D eigenvalue weighted by atomic mass is 16.7. The molecule has 2 heterocycles. The Labute approximate surface area is 137 Å². The SMILES string of the molecule is CO[C@@H]1O[C@H]([C@@H](CO)O[C@@H]2O[C@@H](CO)[C@H](O)[C@@H](O)[C@H]2O)[C@H](O)[C@H]1O. The lowest BCUT2D eigenvalue weighted by molar-refractivity contribution is -0.323. The maximum Gasteiger partial charge on any atom is 0.187 e. The Kier molecular flexibility index (Phi) is 6.87. The highest BCUT2D eigenvalue weighted by Gasteiger charge is 2.50. The minimum Gasteiger partial charge on any atom is -0.394 e. The third-order valence-electron chi connectivity index (χ3n) is 4.19. The van der Waals surface area contributed by atoms with E-state index in [1.54, 1.807) is 0 Å². The van der Waals surface area contributed by atoms with E-state index in [-0.39, 0.29) is 0 Å². The van der Waals surface area contributed by atoms with Gasteiger partial charge in [0.2, 0.25) is 0 Å². The van der Waals surface area contributed by atoms with Gasteiger partial charge in [0.1, 0.15) is 48.8 Å². The van der Waals surface area contributed by atoms with Crippen LogP contribution in [0.2, 0.25) is 0 Å². The zero-order valence-corrected chi connectivity index (χ0v) is 13.0. The second-order valence-corrected chi connectivity index (χ2v) is 5.74. The van der Waals surface area contributed by atoms with Crippen LogP contribution in [0.25, 0.3) is 0 Å². The quantitative estimate of drug-likeness (QED) is 0.243. The van der Waals surface area contributed by atoms with E-state index < -0.39 is 74.6 Å². The Morgan fingerprint density at radius 2 is 1.46 bits per heavy atom. The first-order valence-electron chi connectivity index (χ1n) is 7.46. The van der Waals surface area contributed by atoms with E-state index in [1.807, 2.05) is 0 Å². The molecule has 0 aromatic rings. The summed E-state index contributed by atoms with van der Waals surface area (Å²) in [7, 11) is 1.26. The van der Waals surface area contributed by atoms with Crippen LogP contribution in [-0.4, -0.2) is 117 Å². The van der Waals surface area contributed by atoms with Crippen molar-refractivity contribution in [2.45, 2.75) is 61.4 Å². The molecule has 2 aliphatic rings. The van der Waals surface area contributed by atoms with Crippen molar-refractivity contribution in [3.05, 3.63) is 0 Å². The highest BCUT2D eigenvalue weighted by molar-refractivity contribution is 4.93. The van der Waals surface area contributed by atoms with Crippen molar-refractivity contribution in [2.75, 3.05) is 20.3 Å². The maximum atomic E-state index is 9.97. The average Bonchev–Trinajstić information content (AvgIpc) is 2.87. The molecule has 0 aromatic carbocycles. The van der Waals surface area contributed by atoms with E-state index >= 15 is 0 Å². The molecule has 24 heavy (non-hydrogen) atoms. The summed E-state index contributed by atoms with van der Waals surface area (Å²) in [5.41, 5.74) is 0. The van der Waals surface area contributed by atoms with E-state index in [9.17, 15) is 30.6 Å². The van der Waals surface area contributed by atoms with Crippen molar-refractivity contribution in [3.63, 3.8) is 0 Å². The van der Waals surface area contributed by atoms with Crippen LogP contribution in [0.3, 0.4) is 0 Å². The normalized spacial score (nSPS) is 47.8. The van der Waals surface area contributed by atoms with E-state index in [0.717, 1.165) is 0 Å². The van der Waals surface area contributed by atoms with Crippen LogP contribution in [0.1, 0.15) is 0 Å². The number of aliphatic hydroxyl groups is 7. The average molecular weight is 356 g/mol. The molecule has 10 atom stereocenters. The smallest absolute Gasteiger partial charge is 0.187 e. The monoisotopic (exact) mass is 356 g/mol. The van der Waals surface area contributed by atoms with Gasteiger partial charge in [0.05, 0.1) is 13.2 Å². The van der Waals surface area contributed by atoms with Crippen LogP contribution >= 0.6 is 0 Å². The van der Waals surface area contributed by atoms with Crippen molar-refractivity contribution in [2.24, 2.45) is 0 Å². The molecule has 0 radical (unpaired) electrons. The zero-order valence-electron chi connectivity index (χ0n) is 13.0. The fourth-order valence-electron chi connectivity index (χ4n) is 2.75. The molecular formula is C13H24O11.